The molecule has 3 aromatic rings. The zero-order valence-corrected chi connectivity index (χ0v) is 15.5. The maximum absolute atomic E-state index is 12.5. The molecule has 0 bridgehead atoms. The van der Waals surface area contributed by atoms with Gasteiger partial charge in [0.05, 0.1) is 23.4 Å². The largest absolute Gasteiger partial charge is 0.497 e. The molecule has 2 heterocycles. The van der Waals surface area contributed by atoms with E-state index in [4.69, 9.17) is 10.00 Å². The molecule has 0 saturated heterocycles. The van der Waals surface area contributed by atoms with Crippen LogP contribution in [0.4, 0.5) is 0 Å². The molecule has 9 heteroatoms. The van der Waals surface area contributed by atoms with Crippen molar-refractivity contribution in [3.05, 3.63) is 61.6 Å². The fraction of sp³-hybridized carbons (Fsp3) is 0.222. The first-order valence-corrected chi connectivity index (χ1v) is 8.79. The van der Waals surface area contributed by atoms with Crippen LogP contribution in [0.15, 0.2) is 39.9 Å². The molecule has 0 aliphatic heterocycles. The highest BCUT2D eigenvalue weighted by molar-refractivity contribution is 7.20. The van der Waals surface area contributed by atoms with Gasteiger partial charge in [-0.15, -0.1) is 11.3 Å². The first-order valence-electron chi connectivity index (χ1n) is 7.97. The summed E-state index contributed by atoms with van der Waals surface area (Å²) in [6.07, 6.45) is 0. The van der Waals surface area contributed by atoms with Crippen molar-refractivity contribution in [2.24, 2.45) is 7.05 Å². The third kappa shape index (κ3) is 3.47. The van der Waals surface area contributed by atoms with Crippen LogP contribution in [0, 0.1) is 11.3 Å². The molecule has 0 radical (unpaired) electrons. The number of ether oxygens (including phenoxy) is 1. The molecule has 0 atom stereocenters. The molecule has 8 nitrogen and oxygen atoms in total. The van der Waals surface area contributed by atoms with E-state index in [1.54, 1.807) is 25.3 Å². The maximum Gasteiger partial charge on any atom is 0.332 e. The van der Waals surface area contributed by atoms with E-state index in [0.29, 0.717) is 16.3 Å². The standard InChI is InChI=1S/C18H16N4O4S/c1-21-17-13(16(24)22(8-7-19)18(21)25)9-14(27-17)15(23)20-10-11-3-5-12(26-2)6-4-11/h3-6,9H,8,10H2,1-2H3,(H,20,23). The van der Waals surface area contributed by atoms with Gasteiger partial charge in [-0.3, -0.25) is 14.2 Å². The number of benzene rings is 1. The van der Waals surface area contributed by atoms with Gasteiger partial charge in [-0.05, 0) is 23.8 Å². The molecule has 2 aromatic heterocycles. The highest BCUT2D eigenvalue weighted by atomic mass is 32.1. The Hall–Kier alpha value is -3.38. The zero-order chi connectivity index (χ0) is 19.6. The second-order valence-electron chi connectivity index (χ2n) is 5.75. The number of rotatable bonds is 5. The van der Waals surface area contributed by atoms with E-state index in [1.807, 2.05) is 12.1 Å². The Labute approximate surface area is 157 Å². The number of methoxy groups -OCH3 is 1. The smallest absolute Gasteiger partial charge is 0.332 e. The van der Waals surface area contributed by atoms with Crippen molar-refractivity contribution >= 4 is 27.5 Å². The van der Waals surface area contributed by atoms with Gasteiger partial charge in [0, 0.05) is 13.6 Å². The number of nitrogens with one attached hydrogen (secondary N) is 1. The van der Waals surface area contributed by atoms with Crippen molar-refractivity contribution < 1.29 is 9.53 Å². The number of carbonyl (C=O) groups is 1. The molecule has 138 valence electrons. The first-order chi connectivity index (χ1) is 13.0. The predicted octanol–water partition coefficient (Wildman–Crippen LogP) is 1.22. The minimum absolute atomic E-state index is 0.243. The minimum atomic E-state index is -0.582. The fourth-order valence-electron chi connectivity index (χ4n) is 2.62. The molecule has 1 aromatic carbocycles. The average molecular weight is 384 g/mol. The van der Waals surface area contributed by atoms with Gasteiger partial charge in [0.1, 0.15) is 17.1 Å². The van der Waals surface area contributed by atoms with Crippen molar-refractivity contribution in [1.82, 2.24) is 14.5 Å². The highest BCUT2D eigenvalue weighted by Gasteiger charge is 2.17. The molecule has 1 amide bonds. The summed E-state index contributed by atoms with van der Waals surface area (Å²) in [5, 5.41) is 11.8. The van der Waals surface area contributed by atoms with E-state index in [0.717, 1.165) is 27.2 Å². The summed E-state index contributed by atoms with van der Waals surface area (Å²) in [6.45, 7) is -0.0229. The number of thiophene rings is 1. The second-order valence-corrected chi connectivity index (χ2v) is 6.78. The number of hydrogen-bond acceptors (Lipinski definition) is 6. The van der Waals surface area contributed by atoms with Gasteiger partial charge in [-0.2, -0.15) is 5.26 Å². The topological polar surface area (TPSA) is 106 Å². The lowest BCUT2D eigenvalue weighted by molar-refractivity contribution is 0.0955. The van der Waals surface area contributed by atoms with Gasteiger partial charge < -0.3 is 10.1 Å². The van der Waals surface area contributed by atoms with Crippen molar-refractivity contribution in [1.29, 1.82) is 5.26 Å². The Morgan fingerprint density at radius 3 is 2.63 bits per heavy atom. The van der Waals surface area contributed by atoms with Crippen LogP contribution in [0.2, 0.25) is 0 Å². The van der Waals surface area contributed by atoms with E-state index in [1.165, 1.54) is 17.7 Å². The molecular weight excluding hydrogens is 368 g/mol. The van der Waals surface area contributed by atoms with Gasteiger partial charge in [-0.1, -0.05) is 12.1 Å². The van der Waals surface area contributed by atoms with E-state index in [9.17, 15) is 14.4 Å². The summed E-state index contributed by atoms with van der Waals surface area (Å²) in [5.74, 6) is 0.384. The molecule has 1 N–H and O–H groups in total. The van der Waals surface area contributed by atoms with Crippen LogP contribution in [0.5, 0.6) is 5.75 Å². The van der Waals surface area contributed by atoms with Crippen LogP contribution in [0.25, 0.3) is 10.2 Å². The van der Waals surface area contributed by atoms with Crippen molar-refractivity contribution in [3.63, 3.8) is 0 Å². The van der Waals surface area contributed by atoms with Gasteiger partial charge in [0.25, 0.3) is 11.5 Å². The van der Waals surface area contributed by atoms with Crippen LogP contribution >= 0.6 is 11.3 Å². The Bertz CT molecular complexity index is 1170. The summed E-state index contributed by atoms with van der Waals surface area (Å²) < 4.78 is 7.22. The summed E-state index contributed by atoms with van der Waals surface area (Å²) in [5.41, 5.74) is -0.254. The van der Waals surface area contributed by atoms with E-state index < -0.39 is 11.2 Å². The molecule has 0 saturated carbocycles. The van der Waals surface area contributed by atoms with Crippen molar-refractivity contribution in [2.75, 3.05) is 7.11 Å². The molecular formula is C18H16N4O4S. The Kier molecular flexibility index (Phi) is 5.09. The summed E-state index contributed by atoms with van der Waals surface area (Å²) in [4.78, 5) is 37.8. The highest BCUT2D eigenvalue weighted by Crippen LogP contribution is 2.21. The van der Waals surface area contributed by atoms with Crippen LogP contribution in [0.1, 0.15) is 15.2 Å². The van der Waals surface area contributed by atoms with E-state index in [-0.39, 0.29) is 17.8 Å². The van der Waals surface area contributed by atoms with Crippen LogP contribution in [-0.4, -0.2) is 22.2 Å². The zero-order valence-electron chi connectivity index (χ0n) is 14.7. The lowest BCUT2D eigenvalue weighted by Crippen LogP contribution is -2.38. The average Bonchev–Trinajstić information content (AvgIpc) is 3.14. The second kappa shape index (κ2) is 7.47. The van der Waals surface area contributed by atoms with Gasteiger partial charge in [0.2, 0.25) is 0 Å². The molecule has 0 aliphatic rings. The van der Waals surface area contributed by atoms with Gasteiger partial charge in [-0.25, -0.2) is 9.36 Å². The number of amides is 1. The minimum Gasteiger partial charge on any atom is -0.497 e. The van der Waals surface area contributed by atoms with Crippen molar-refractivity contribution in [3.8, 4) is 11.8 Å². The van der Waals surface area contributed by atoms with Gasteiger partial charge >= 0.3 is 5.69 Å². The predicted molar refractivity (Wildman–Crippen MR) is 101 cm³/mol. The number of aromatic nitrogens is 2. The van der Waals surface area contributed by atoms with Crippen molar-refractivity contribution in [2.45, 2.75) is 13.1 Å². The maximum atomic E-state index is 12.5. The molecule has 0 fully saturated rings. The molecule has 3 rings (SSSR count). The van der Waals surface area contributed by atoms with Crippen LogP contribution < -0.4 is 21.3 Å². The van der Waals surface area contributed by atoms with Crippen LogP contribution in [0.3, 0.4) is 0 Å². The third-order valence-electron chi connectivity index (χ3n) is 4.08. The molecule has 0 spiro atoms. The number of fused-ring (bicyclic) bond motifs is 1. The molecule has 0 unspecified atom stereocenters. The lowest BCUT2D eigenvalue weighted by Gasteiger charge is -2.05. The Morgan fingerprint density at radius 2 is 2.00 bits per heavy atom. The first kappa shape index (κ1) is 18.4. The fourth-order valence-corrected chi connectivity index (χ4v) is 3.64. The molecule has 0 aliphatic carbocycles. The van der Waals surface area contributed by atoms with E-state index >= 15 is 0 Å². The number of nitrogens with zero attached hydrogens (tertiary/aromatic N) is 3. The lowest BCUT2D eigenvalue weighted by atomic mass is 10.2. The number of hydrogen-bond donors (Lipinski definition) is 1. The van der Waals surface area contributed by atoms with Gasteiger partial charge in [0.15, 0.2) is 0 Å². The Morgan fingerprint density at radius 1 is 1.30 bits per heavy atom. The summed E-state index contributed by atoms with van der Waals surface area (Å²) in [6, 6.07) is 10.5. The van der Waals surface area contributed by atoms with E-state index in [2.05, 4.69) is 5.32 Å². The number of carbonyl (C=O) groups excluding carboxylic acids is 1. The number of nitriles is 1. The monoisotopic (exact) mass is 384 g/mol. The van der Waals surface area contributed by atoms with Crippen LogP contribution in [-0.2, 0) is 20.1 Å². The number of aryl methyl sites for hydroxylation is 1. The SMILES string of the molecule is COc1ccc(CNC(=O)c2cc3c(=O)n(CC#N)c(=O)n(C)c3s2)cc1. The Balaban J connectivity index is 1.88. The molecule has 27 heavy (non-hydrogen) atoms. The summed E-state index contributed by atoms with van der Waals surface area (Å²) in [7, 11) is 3.09. The quantitative estimate of drug-likeness (QED) is 0.712. The normalized spacial score (nSPS) is 10.6. The summed E-state index contributed by atoms with van der Waals surface area (Å²) >= 11 is 1.06. The third-order valence-corrected chi connectivity index (χ3v) is 5.29.